The molecule has 4 atom stereocenters. The molecule has 220 valence electrons. The number of carbonyl (C=O) groups excluding carboxylic acids is 1. The van der Waals surface area contributed by atoms with Crippen LogP contribution in [-0.2, 0) is 9.47 Å². The van der Waals surface area contributed by atoms with Gasteiger partial charge in [0.2, 0.25) is 17.5 Å². The predicted octanol–water partition coefficient (Wildman–Crippen LogP) is 1.08. The van der Waals surface area contributed by atoms with Gasteiger partial charge in [-0.3, -0.25) is 4.79 Å². The highest BCUT2D eigenvalue weighted by atomic mass is 16.7. The van der Waals surface area contributed by atoms with Crippen molar-refractivity contribution in [2.45, 2.75) is 24.6 Å². The Hall–Kier alpha value is -5.38. The zero-order valence-corrected chi connectivity index (χ0v) is 21.0. The zero-order valence-electron chi connectivity index (χ0n) is 21.0. The number of fused-ring (bicyclic) bond motifs is 1. The molecule has 1 saturated heterocycles. The van der Waals surface area contributed by atoms with E-state index in [2.05, 4.69) is 0 Å². The van der Waals surface area contributed by atoms with Crippen LogP contribution in [0.15, 0.2) is 51.7 Å². The molecule has 9 N–H and O–H groups in total. The van der Waals surface area contributed by atoms with Gasteiger partial charge in [0.1, 0.15) is 47.4 Å². The van der Waals surface area contributed by atoms with E-state index in [-0.39, 0.29) is 22.5 Å². The highest BCUT2D eigenvalue weighted by molar-refractivity contribution is 5.91. The van der Waals surface area contributed by atoms with E-state index in [1.54, 1.807) is 0 Å². The minimum absolute atomic E-state index is 0.0129. The van der Waals surface area contributed by atoms with Crippen molar-refractivity contribution < 1.29 is 69.4 Å². The van der Waals surface area contributed by atoms with Gasteiger partial charge in [0.05, 0.1) is 5.56 Å². The molecular weight excluding hydrogens is 564 g/mol. The normalized spacial score (nSPS) is 20.0. The summed E-state index contributed by atoms with van der Waals surface area (Å²) in [6, 6.07) is 6.90. The quantitative estimate of drug-likeness (QED) is 0.113. The zero-order chi connectivity index (χ0) is 30.5. The molecule has 1 fully saturated rings. The average Bonchev–Trinajstić information content (AvgIpc) is 3.20. The van der Waals surface area contributed by atoms with Crippen LogP contribution >= 0.6 is 0 Å². The Morgan fingerprint density at radius 3 is 2.17 bits per heavy atom. The summed E-state index contributed by atoms with van der Waals surface area (Å²) in [4.78, 5) is 25.8. The van der Waals surface area contributed by atoms with Gasteiger partial charge in [-0.1, -0.05) is 0 Å². The van der Waals surface area contributed by atoms with E-state index in [4.69, 9.17) is 18.6 Å². The molecule has 0 bridgehead atoms. The van der Waals surface area contributed by atoms with E-state index >= 15 is 0 Å². The molecule has 4 aromatic rings. The van der Waals surface area contributed by atoms with Gasteiger partial charge in [0, 0.05) is 17.7 Å². The van der Waals surface area contributed by atoms with Crippen LogP contribution < -0.4 is 10.2 Å². The summed E-state index contributed by atoms with van der Waals surface area (Å²) in [6.45, 7) is -0.676. The van der Waals surface area contributed by atoms with Gasteiger partial charge in [-0.05, 0) is 30.3 Å². The average molecular weight is 586 g/mol. The number of carbonyl (C=O) groups is 1. The first-order valence-electron chi connectivity index (χ1n) is 12.0. The van der Waals surface area contributed by atoms with Crippen LogP contribution in [0.4, 0.5) is 0 Å². The lowest BCUT2D eigenvalue weighted by molar-refractivity contribution is -0.118. The summed E-state index contributed by atoms with van der Waals surface area (Å²) in [7, 11) is 0. The molecule has 42 heavy (non-hydrogen) atoms. The third-order valence-electron chi connectivity index (χ3n) is 6.39. The van der Waals surface area contributed by atoms with Crippen molar-refractivity contribution in [2.24, 2.45) is 0 Å². The topological polar surface area (TPSA) is 257 Å². The number of esters is 1. The van der Waals surface area contributed by atoms with Gasteiger partial charge >= 0.3 is 5.97 Å². The summed E-state index contributed by atoms with van der Waals surface area (Å²) in [5.41, 5.74) is -1.65. The molecule has 1 aromatic heterocycles. The second-order valence-corrected chi connectivity index (χ2v) is 9.23. The highest BCUT2D eigenvalue weighted by Gasteiger charge is 2.46. The van der Waals surface area contributed by atoms with E-state index in [1.165, 1.54) is 6.07 Å². The Balaban J connectivity index is 1.44. The van der Waals surface area contributed by atoms with Gasteiger partial charge in [0.25, 0.3) is 0 Å². The molecule has 1 aliphatic heterocycles. The van der Waals surface area contributed by atoms with Crippen molar-refractivity contribution in [3.63, 3.8) is 0 Å². The van der Waals surface area contributed by atoms with Crippen LogP contribution in [0.5, 0.6) is 46.0 Å². The molecule has 0 saturated carbocycles. The SMILES string of the molecule is O=C(OC[C@H]1O[C@H](Oc2c(-c3ccc(O)c(O)c3)oc3cc(O)cc(O)c3c2=O)[C@@H](O)[C@@H]1O)c1cc(O)c(O)c(O)c1. The molecule has 0 spiro atoms. The first-order valence-corrected chi connectivity index (χ1v) is 12.0. The van der Waals surface area contributed by atoms with Crippen LogP contribution in [0.2, 0.25) is 0 Å². The number of aromatic hydroxyl groups is 7. The van der Waals surface area contributed by atoms with Gasteiger partial charge in [-0.25, -0.2) is 4.79 Å². The minimum atomic E-state index is -1.82. The van der Waals surface area contributed by atoms with Gasteiger partial charge in [0.15, 0.2) is 34.5 Å². The fraction of sp³-hybridized carbons (Fsp3) is 0.185. The maximum absolute atomic E-state index is 13.4. The van der Waals surface area contributed by atoms with Gasteiger partial charge in [-0.15, -0.1) is 0 Å². The van der Waals surface area contributed by atoms with Crippen LogP contribution in [0.25, 0.3) is 22.3 Å². The molecule has 0 unspecified atom stereocenters. The lowest BCUT2D eigenvalue weighted by atomic mass is 10.1. The maximum atomic E-state index is 13.4. The van der Waals surface area contributed by atoms with Crippen molar-refractivity contribution in [3.8, 4) is 57.3 Å². The second-order valence-electron chi connectivity index (χ2n) is 9.23. The first kappa shape index (κ1) is 28.2. The summed E-state index contributed by atoms with van der Waals surface area (Å²) in [5.74, 6) is -6.77. The number of phenolic OH excluding ortho intramolecular Hbond substituents is 7. The monoisotopic (exact) mass is 586 g/mol. The molecule has 0 radical (unpaired) electrons. The van der Waals surface area contributed by atoms with Crippen molar-refractivity contribution in [3.05, 3.63) is 58.3 Å². The van der Waals surface area contributed by atoms with Gasteiger partial charge < -0.3 is 64.6 Å². The summed E-state index contributed by atoms with van der Waals surface area (Å²) < 4.78 is 21.8. The Bertz CT molecular complexity index is 1740. The number of rotatable bonds is 6. The minimum Gasteiger partial charge on any atom is -0.508 e. The fourth-order valence-electron chi connectivity index (χ4n) is 4.26. The lowest BCUT2D eigenvalue weighted by Crippen LogP contribution is -2.36. The lowest BCUT2D eigenvalue weighted by Gasteiger charge is -2.19. The highest BCUT2D eigenvalue weighted by Crippen LogP contribution is 2.40. The largest absolute Gasteiger partial charge is 0.508 e. The summed E-state index contributed by atoms with van der Waals surface area (Å²) >= 11 is 0. The maximum Gasteiger partial charge on any atom is 0.338 e. The summed E-state index contributed by atoms with van der Waals surface area (Å²) in [5, 5.41) is 89.1. The molecule has 5 rings (SSSR count). The number of aliphatic hydroxyl groups is 2. The van der Waals surface area contributed by atoms with Crippen LogP contribution in [0, 0.1) is 0 Å². The molecular formula is C27H22O15. The smallest absolute Gasteiger partial charge is 0.338 e. The van der Waals surface area contributed by atoms with Crippen molar-refractivity contribution in [1.82, 2.24) is 0 Å². The first-order chi connectivity index (χ1) is 19.8. The van der Waals surface area contributed by atoms with Crippen molar-refractivity contribution in [1.29, 1.82) is 0 Å². The predicted molar refractivity (Wildman–Crippen MR) is 138 cm³/mol. The Kier molecular flexibility index (Phi) is 7.07. The molecule has 1 aliphatic rings. The van der Waals surface area contributed by atoms with Crippen LogP contribution in [-0.4, -0.2) is 83.1 Å². The number of hydrogen-bond acceptors (Lipinski definition) is 15. The number of aliphatic hydroxyl groups excluding tert-OH is 2. The fourth-order valence-corrected chi connectivity index (χ4v) is 4.26. The number of ether oxygens (including phenoxy) is 3. The van der Waals surface area contributed by atoms with Gasteiger partial charge in [-0.2, -0.15) is 0 Å². The number of phenols is 7. The van der Waals surface area contributed by atoms with E-state index in [0.29, 0.717) is 0 Å². The molecule has 0 aliphatic carbocycles. The van der Waals surface area contributed by atoms with Crippen molar-refractivity contribution >= 4 is 16.9 Å². The third-order valence-corrected chi connectivity index (χ3v) is 6.39. The van der Waals surface area contributed by atoms with E-state index in [1.807, 2.05) is 0 Å². The standard InChI is InChI=1S/C27H22O15/c28-11-6-14(31)19-17(7-11)40-24(9-1-2-12(29)13(30)3-9)25(22(19)36)42-27-23(37)21(35)18(41-27)8-39-26(38)10-4-15(32)20(34)16(33)5-10/h1-7,18,21,23,27-35,37H,8H2/t18-,21-,23+,27-/m1/s1. The molecule has 15 nitrogen and oxygen atoms in total. The molecule has 3 aromatic carbocycles. The van der Waals surface area contributed by atoms with E-state index in [0.717, 1.165) is 36.4 Å². The van der Waals surface area contributed by atoms with E-state index < -0.39 is 94.0 Å². The molecule has 15 heteroatoms. The van der Waals surface area contributed by atoms with Crippen LogP contribution in [0.1, 0.15) is 10.4 Å². The summed E-state index contributed by atoms with van der Waals surface area (Å²) in [6.07, 6.45) is -6.72. The Morgan fingerprint density at radius 1 is 0.810 bits per heavy atom. The number of hydrogen-bond donors (Lipinski definition) is 9. The Labute approximate surface area is 233 Å². The van der Waals surface area contributed by atoms with Crippen LogP contribution in [0.3, 0.4) is 0 Å². The Morgan fingerprint density at radius 2 is 1.50 bits per heavy atom. The molecule has 0 amide bonds. The molecule has 2 heterocycles. The number of benzene rings is 3. The third kappa shape index (κ3) is 4.98. The van der Waals surface area contributed by atoms with E-state index in [9.17, 15) is 55.5 Å². The second kappa shape index (κ2) is 10.5. The van der Waals surface area contributed by atoms with Crippen molar-refractivity contribution in [2.75, 3.05) is 6.61 Å².